The molecule has 0 aliphatic carbocycles. The van der Waals surface area contributed by atoms with Crippen LogP contribution < -0.4 is 10.2 Å². The Kier molecular flexibility index (Phi) is 9.05. The van der Waals surface area contributed by atoms with Crippen molar-refractivity contribution in [3.05, 3.63) is 71.9 Å². The van der Waals surface area contributed by atoms with E-state index in [1.165, 1.54) is 32.1 Å². The Morgan fingerprint density at radius 3 is 2.47 bits per heavy atom. The van der Waals surface area contributed by atoms with Crippen molar-refractivity contribution < 1.29 is 9.53 Å². The Morgan fingerprint density at radius 2 is 1.72 bits per heavy atom. The highest BCUT2D eigenvalue weighted by Crippen LogP contribution is 2.21. The normalized spacial score (nSPS) is 11.4. The second-order valence-electron chi connectivity index (χ2n) is 7.81. The number of nitrogens with zero attached hydrogens (tertiary/aromatic N) is 2. The van der Waals surface area contributed by atoms with E-state index in [0.717, 1.165) is 35.6 Å². The number of aromatic amines is 1. The minimum atomic E-state index is -0.335. The number of hydrogen-bond donors (Lipinski definition) is 2. The molecule has 0 radical (unpaired) electrons. The van der Waals surface area contributed by atoms with E-state index in [2.05, 4.69) is 27.6 Å². The van der Waals surface area contributed by atoms with E-state index >= 15 is 0 Å². The van der Waals surface area contributed by atoms with Crippen LogP contribution in [0.4, 0.5) is 0 Å². The molecule has 2 aromatic carbocycles. The van der Waals surface area contributed by atoms with Crippen molar-refractivity contribution in [1.29, 1.82) is 0 Å². The van der Waals surface area contributed by atoms with E-state index in [4.69, 9.17) is 4.74 Å². The van der Waals surface area contributed by atoms with E-state index in [9.17, 15) is 4.79 Å². The van der Waals surface area contributed by atoms with Gasteiger partial charge < -0.3 is 4.74 Å². The van der Waals surface area contributed by atoms with Gasteiger partial charge in [-0.1, -0.05) is 69.4 Å². The molecule has 2 N–H and O–H groups in total. The van der Waals surface area contributed by atoms with Gasteiger partial charge in [-0.15, -0.1) is 0 Å². The van der Waals surface area contributed by atoms with Gasteiger partial charge in [0.25, 0.3) is 5.91 Å². The number of carbonyl (C=O) groups is 1. The summed E-state index contributed by atoms with van der Waals surface area (Å²) >= 11 is 0. The second-order valence-corrected chi connectivity index (χ2v) is 7.81. The van der Waals surface area contributed by atoms with Crippen molar-refractivity contribution in [2.24, 2.45) is 5.10 Å². The fraction of sp³-hybridized carbons (Fsp3) is 0.346. The summed E-state index contributed by atoms with van der Waals surface area (Å²) in [4.78, 5) is 12.4. The fourth-order valence-corrected chi connectivity index (χ4v) is 3.32. The first-order valence-electron chi connectivity index (χ1n) is 11.4. The second kappa shape index (κ2) is 12.4. The van der Waals surface area contributed by atoms with Gasteiger partial charge in [-0.05, 0) is 49.2 Å². The minimum absolute atomic E-state index is 0.335. The molecule has 0 fully saturated rings. The van der Waals surface area contributed by atoms with Gasteiger partial charge in [0.15, 0.2) is 0 Å². The molecular formula is C26H32N4O2. The van der Waals surface area contributed by atoms with Crippen LogP contribution in [0.15, 0.2) is 65.8 Å². The fourth-order valence-electron chi connectivity index (χ4n) is 3.32. The Bertz CT molecular complexity index is 994. The van der Waals surface area contributed by atoms with Crippen LogP contribution in [0.1, 0.15) is 68.4 Å². The Morgan fingerprint density at radius 1 is 1.00 bits per heavy atom. The van der Waals surface area contributed by atoms with Crippen molar-refractivity contribution in [3.63, 3.8) is 0 Å². The number of ether oxygens (including phenoxy) is 1. The lowest BCUT2D eigenvalue weighted by atomic mass is 10.1. The van der Waals surface area contributed by atoms with Crippen molar-refractivity contribution >= 4 is 11.6 Å². The van der Waals surface area contributed by atoms with Gasteiger partial charge in [0, 0.05) is 5.56 Å². The molecule has 0 bridgehead atoms. The van der Waals surface area contributed by atoms with Crippen LogP contribution in [0.2, 0.25) is 0 Å². The molecule has 6 nitrogen and oxygen atoms in total. The standard InChI is InChI=1S/C26H32N4O2/c1-3-4-5-6-7-11-18-32-23-16-14-22(15-17-23)24-19-25(29-28-24)26(31)30-27-20(2)21-12-9-8-10-13-21/h8-10,12-17,19H,3-7,11,18H2,1-2H3,(H,28,29)(H,30,31). The summed E-state index contributed by atoms with van der Waals surface area (Å²) in [7, 11) is 0. The molecule has 0 spiro atoms. The highest BCUT2D eigenvalue weighted by Gasteiger charge is 2.11. The molecular weight excluding hydrogens is 400 g/mol. The molecule has 168 valence electrons. The van der Waals surface area contributed by atoms with Crippen molar-refractivity contribution in [1.82, 2.24) is 15.6 Å². The quantitative estimate of drug-likeness (QED) is 0.210. The molecule has 6 heteroatoms. The molecule has 0 saturated heterocycles. The van der Waals surface area contributed by atoms with Gasteiger partial charge in [-0.25, -0.2) is 5.43 Å². The van der Waals surface area contributed by atoms with Crippen LogP contribution in [0.3, 0.4) is 0 Å². The maximum Gasteiger partial charge on any atom is 0.289 e. The highest BCUT2D eigenvalue weighted by molar-refractivity contribution is 6.00. The molecule has 1 heterocycles. The maximum atomic E-state index is 12.4. The van der Waals surface area contributed by atoms with Gasteiger partial charge in [0.2, 0.25) is 0 Å². The van der Waals surface area contributed by atoms with Crippen LogP contribution in [0.5, 0.6) is 5.75 Å². The largest absolute Gasteiger partial charge is 0.494 e. The van der Waals surface area contributed by atoms with Crippen molar-refractivity contribution in [3.8, 4) is 17.0 Å². The van der Waals surface area contributed by atoms with Crippen LogP contribution >= 0.6 is 0 Å². The zero-order valence-electron chi connectivity index (χ0n) is 18.9. The zero-order chi connectivity index (χ0) is 22.6. The van der Waals surface area contributed by atoms with Crippen LogP contribution in [0, 0.1) is 0 Å². The van der Waals surface area contributed by atoms with Gasteiger partial charge in [-0.2, -0.15) is 10.2 Å². The summed E-state index contributed by atoms with van der Waals surface area (Å²) in [5.74, 6) is 0.513. The van der Waals surface area contributed by atoms with Gasteiger partial charge in [0.1, 0.15) is 11.4 Å². The first-order valence-corrected chi connectivity index (χ1v) is 11.4. The number of hydrogen-bond acceptors (Lipinski definition) is 4. The topological polar surface area (TPSA) is 79.4 Å². The lowest BCUT2D eigenvalue weighted by Gasteiger charge is -2.06. The third-order valence-electron chi connectivity index (χ3n) is 5.26. The van der Waals surface area contributed by atoms with E-state index in [-0.39, 0.29) is 5.91 Å². The highest BCUT2D eigenvalue weighted by atomic mass is 16.5. The minimum Gasteiger partial charge on any atom is -0.494 e. The van der Waals surface area contributed by atoms with E-state index < -0.39 is 0 Å². The third kappa shape index (κ3) is 7.08. The third-order valence-corrected chi connectivity index (χ3v) is 5.26. The summed E-state index contributed by atoms with van der Waals surface area (Å²) in [5, 5.41) is 11.2. The molecule has 0 saturated carbocycles. The Hall–Kier alpha value is -3.41. The number of H-pyrrole nitrogens is 1. The molecule has 0 unspecified atom stereocenters. The first-order chi connectivity index (χ1) is 15.7. The van der Waals surface area contributed by atoms with Crippen molar-refractivity contribution in [2.45, 2.75) is 52.4 Å². The van der Waals surface area contributed by atoms with E-state index in [0.29, 0.717) is 11.4 Å². The number of amides is 1. The molecule has 1 amide bonds. The van der Waals surface area contributed by atoms with Crippen molar-refractivity contribution in [2.75, 3.05) is 6.61 Å². The monoisotopic (exact) mass is 432 g/mol. The number of hydrazone groups is 1. The van der Waals surface area contributed by atoms with E-state index in [1.807, 2.05) is 61.5 Å². The lowest BCUT2D eigenvalue weighted by molar-refractivity contribution is 0.0950. The summed E-state index contributed by atoms with van der Waals surface area (Å²) in [5.41, 5.74) is 6.22. The molecule has 0 aliphatic heterocycles. The average Bonchev–Trinajstić information content (AvgIpc) is 3.33. The predicted octanol–water partition coefficient (Wildman–Crippen LogP) is 5.97. The molecule has 32 heavy (non-hydrogen) atoms. The number of nitrogens with one attached hydrogen (secondary N) is 2. The zero-order valence-corrected chi connectivity index (χ0v) is 18.9. The lowest BCUT2D eigenvalue weighted by Crippen LogP contribution is -2.19. The smallest absolute Gasteiger partial charge is 0.289 e. The molecule has 0 aliphatic rings. The Balaban J connectivity index is 1.49. The van der Waals surface area contributed by atoms with Gasteiger partial charge >= 0.3 is 0 Å². The van der Waals surface area contributed by atoms with Gasteiger partial charge in [0.05, 0.1) is 18.0 Å². The SMILES string of the molecule is CCCCCCCCOc1ccc(-c2cc(C(=O)NN=C(C)c3ccccc3)[nH]n2)cc1. The molecule has 3 rings (SSSR count). The van der Waals surface area contributed by atoms with Crippen LogP contribution in [0.25, 0.3) is 11.3 Å². The van der Waals surface area contributed by atoms with Crippen LogP contribution in [-0.4, -0.2) is 28.4 Å². The van der Waals surface area contributed by atoms with E-state index in [1.54, 1.807) is 6.07 Å². The molecule has 0 atom stereocenters. The maximum absolute atomic E-state index is 12.4. The summed E-state index contributed by atoms with van der Waals surface area (Å²) in [6, 6.07) is 19.2. The summed E-state index contributed by atoms with van der Waals surface area (Å²) in [6.45, 7) is 4.82. The summed E-state index contributed by atoms with van der Waals surface area (Å²) < 4.78 is 5.83. The predicted molar refractivity (Wildman–Crippen MR) is 129 cm³/mol. The number of rotatable bonds is 12. The Labute approximate surface area is 190 Å². The number of carbonyl (C=O) groups excluding carboxylic acids is 1. The number of aromatic nitrogens is 2. The number of unbranched alkanes of at least 4 members (excludes halogenated alkanes) is 5. The average molecular weight is 433 g/mol. The molecule has 1 aromatic heterocycles. The summed E-state index contributed by atoms with van der Waals surface area (Å²) in [6.07, 6.45) is 7.48. The molecule has 3 aromatic rings. The first kappa shape index (κ1) is 23.3. The number of benzene rings is 2. The van der Waals surface area contributed by atoms with Gasteiger partial charge in [-0.3, -0.25) is 9.89 Å². The van der Waals surface area contributed by atoms with Crippen LogP contribution in [-0.2, 0) is 0 Å².